The van der Waals surface area contributed by atoms with Crippen molar-refractivity contribution >= 4 is 27.5 Å². The number of hydrogen-bond donors (Lipinski definition) is 1. The molecule has 2 rings (SSSR count). The Bertz CT molecular complexity index is 830. The van der Waals surface area contributed by atoms with Crippen LogP contribution >= 0.6 is 0 Å². The fraction of sp³-hybridized carbons (Fsp3) is 0.333. The molecule has 0 saturated carbocycles. The number of sulfonamides is 1. The predicted octanol–water partition coefficient (Wildman–Crippen LogP) is 3.03. The molecule has 1 heterocycles. The van der Waals surface area contributed by atoms with Crippen LogP contribution in [-0.2, 0) is 14.8 Å². The quantitative estimate of drug-likeness (QED) is 0.712. The van der Waals surface area contributed by atoms with Gasteiger partial charge in [-0.2, -0.15) is 4.31 Å². The van der Waals surface area contributed by atoms with Crippen LogP contribution in [0.5, 0.6) is 0 Å². The lowest BCUT2D eigenvalue weighted by molar-refractivity contribution is 0.0526. The summed E-state index contributed by atoms with van der Waals surface area (Å²) in [6.45, 7) is 6.49. The Morgan fingerprint density at radius 1 is 1.08 bits per heavy atom. The molecule has 0 saturated heterocycles. The summed E-state index contributed by atoms with van der Waals surface area (Å²) in [6.07, 6.45) is 1.34. The molecule has 8 heteroatoms. The van der Waals surface area contributed by atoms with Crippen LogP contribution in [0.4, 0.5) is 11.5 Å². The zero-order chi connectivity index (χ0) is 19.2. The van der Waals surface area contributed by atoms with Crippen LogP contribution in [0.15, 0.2) is 47.5 Å². The third kappa shape index (κ3) is 4.59. The van der Waals surface area contributed by atoms with Gasteiger partial charge < -0.3 is 10.1 Å². The summed E-state index contributed by atoms with van der Waals surface area (Å²) in [5.41, 5.74) is 1.19. The number of pyridine rings is 1. The first kappa shape index (κ1) is 19.9. The van der Waals surface area contributed by atoms with Gasteiger partial charge in [0.2, 0.25) is 10.0 Å². The maximum atomic E-state index is 12.4. The zero-order valence-electron chi connectivity index (χ0n) is 15.1. The van der Waals surface area contributed by atoms with Crippen LogP contribution in [0, 0.1) is 0 Å². The highest BCUT2D eigenvalue weighted by Gasteiger charge is 2.21. The second-order valence-electron chi connectivity index (χ2n) is 5.39. The molecule has 0 bridgehead atoms. The Hall–Kier alpha value is -2.45. The van der Waals surface area contributed by atoms with Gasteiger partial charge in [0, 0.05) is 25.0 Å². The van der Waals surface area contributed by atoms with Crippen molar-refractivity contribution in [2.45, 2.75) is 25.7 Å². The summed E-state index contributed by atoms with van der Waals surface area (Å²) in [5.74, 6) is 0.135. The van der Waals surface area contributed by atoms with Crippen molar-refractivity contribution in [1.82, 2.24) is 9.29 Å². The summed E-state index contributed by atoms with van der Waals surface area (Å²) < 4.78 is 31.2. The van der Waals surface area contributed by atoms with E-state index < -0.39 is 10.0 Å². The van der Waals surface area contributed by atoms with E-state index in [0.29, 0.717) is 31.1 Å². The number of benzene rings is 1. The van der Waals surface area contributed by atoms with Gasteiger partial charge in [0.05, 0.1) is 12.2 Å². The van der Waals surface area contributed by atoms with Crippen molar-refractivity contribution in [1.29, 1.82) is 0 Å². The molecule has 2 aromatic rings. The van der Waals surface area contributed by atoms with Crippen molar-refractivity contribution < 1.29 is 17.9 Å². The molecule has 140 valence electrons. The van der Waals surface area contributed by atoms with E-state index in [4.69, 9.17) is 4.74 Å². The smallest absolute Gasteiger partial charge is 0.338 e. The minimum absolute atomic E-state index is 0.157. The number of nitrogens with one attached hydrogen (secondary N) is 1. The Labute approximate surface area is 154 Å². The van der Waals surface area contributed by atoms with Crippen molar-refractivity contribution in [2.75, 3.05) is 25.0 Å². The summed E-state index contributed by atoms with van der Waals surface area (Å²) in [4.78, 5) is 16.0. The standard InChI is InChI=1S/C18H23N3O4S/c1-4-21(5-2)26(23,24)16-11-12-17(19-13-16)20-15-9-7-14(8-10-15)18(22)25-6-3/h7-13H,4-6H2,1-3H3,(H,19,20). The first-order chi connectivity index (χ1) is 12.4. The number of carbonyl (C=O) groups is 1. The van der Waals surface area contributed by atoms with Gasteiger partial charge in [0.25, 0.3) is 0 Å². The SMILES string of the molecule is CCOC(=O)c1ccc(Nc2ccc(S(=O)(=O)N(CC)CC)cn2)cc1. The molecule has 0 aliphatic rings. The number of anilines is 2. The highest BCUT2D eigenvalue weighted by Crippen LogP contribution is 2.19. The molecule has 0 amide bonds. The molecule has 0 spiro atoms. The van der Waals surface area contributed by atoms with E-state index in [1.807, 2.05) is 0 Å². The van der Waals surface area contributed by atoms with Crippen molar-refractivity contribution in [3.63, 3.8) is 0 Å². The molecule has 0 unspecified atom stereocenters. The number of rotatable bonds is 8. The molecule has 0 aliphatic heterocycles. The predicted molar refractivity (Wildman–Crippen MR) is 100 cm³/mol. The van der Waals surface area contributed by atoms with Crippen LogP contribution < -0.4 is 5.32 Å². The highest BCUT2D eigenvalue weighted by molar-refractivity contribution is 7.89. The van der Waals surface area contributed by atoms with Crippen molar-refractivity contribution in [3.8, 4) is 0 Å². The summed E-state index contributed by atoms with van der Waals surface area (Å²) in [7, 11) is -3.52. The molecule has 1 aromatic heterocycles. The maximum absolute atomic E-state index is 12.4. The normalized spacial score (nSPS) is 11.4. The maximum Gasteiger partial charge on any atom is 0.338 e. The van der Waals surface area contributed by atoms with E-state index in [0.717, 1.165) is 5.69 Å². The fourth-order valence-electron chi connectivity index (χ4n) is 2.37. The Morgan fingerprint density at radius 2 is 1.73 bits per heavy atom. The van der Waals surface area contributed by atoms with E-state index in [2.05, 4.69) is 10.3 Å². The summed E-state index contributed by atoms with van der Waals surface area (Å²) in [5, 5.41) is 3.07. The molecule has 1 N–H and O–H groups in total. The number of nitrogens with zero attached hydrogens (tertiary/aromatic N) is 2. The van der Waals surface area contributed by atoms with Crippen LogP contribution in [0.25, 0.3) is 0 Å². The molecule has 0 radical (unpaired) electrons. The van der Waals surface area contributed by atoms with E-state index in [1.54, 1.807) is 51.1 Å². The number of ether oxygens (including phenoxy) is 1. The zero-order valence-corrected chi connectivity index (χ0v) is 15.9. The van der Waals surface area contributed by atoms with Crippen LogP contribution in [-0.4, -0.2) is 43.4 Å². The molecule has 0 fully saturated rings. The number of hydrogen-bond acceptors (Lipinski definition) is 6. The van der Waals surface area contributed by atoms with Crippen LogP contribution in [0.1, 0.15) is 31.1 Å². The lowest BCUT2D eigenvalue weighted by atomic mass is 10.2. The minimum Gasteiger partial charge on any atom is -0.462 e. The molecule has 0 aliphatic carbocycles. The third-order valence-corrected chi connectivity index (χ3v) is 5.78. The molecular formula is C18H23N3O4S. The van der Waals surface area contributed by atoms with E-state index in [1.165, 1.54) is 16.6 Å². The van der Waals surface area contributed by atoms with E-state index in [9.17, 15) is 13.2 Å². The number of aromatic nitrogens is 1. The van der Waals surface area contributed by atoms with Gasteiger partial charge in [0.1, 0.15) is 10.7 Å². The van der Waals surface area contributed by atoms with E-state index in [-0.39, 0.29) is 10.9 Å². The first-order valence-electron chi connectivity index (χ1n) is 8.42. The van der Waals surface area contributed by atoms with Crippen LogP contribution in [0.2, 0.25) is 0 Å². The Balaban J connectivity index is 2.11. The minimum atomic E-state index is -3.52. The number of esters is 1. The monoisotopic (exact) mass is 377 g/mol. The van der Waals surface area contributed by atoms with Crippen LogP contribution in [0.3, 0.4) is 0 Å². The summed E-state index contributed by atoms with van der Waals surface area (Å²) in [6, 6.07) is 9.90. The molecule has 26 heavy (non-hydrogen) atoms. The summed E-state index contributed by atoms with van der Waals surface area (Å²) >= 11 is 0. The van der Waals surface area contributed by atoms with Gasteiger partial charge in [0.15, 0.2) is 0 Å². The van der Waals surface area contributed by atoms with Gasteiger partial charge >= 0.3 is 5.97 Å². The van der Waals surface area contributed by atoms with E-state index >= 15 is 0 Å². The largest absolute Gasteiger partial charge is 0.462 e. The van der Waals surface area contributed by atoms with Crippen molar-refractivity contribution in [2.24, 2.45) is 0 Å². The van der Waals surface area contributed by atoms with Gasteiger partial charge in [-0.15, -0.1) is 0 Å². The Morgan fingerprint density at radius 3 is 2.23 bits per heavy atom. The lowest BCUT2D eigenvalue weighted by Gasteiger charge is -2.18. The average molecular weight is 377 g/mol. The van der Waals surface area contributed by atoms with Gasteiger partial charge in [-0.1, -0.05) is 13.8 Å². The molecular weight excluding hydrogens is 354 g/mol. The van der Waals surface area contributed by atoms with Crippen molar-refractivity contribution in [3.05, 3.63) is 48.2 Å². The Kier molecular flexibility index (Phi) is 6.70. The van der Waals surface area contributed by atoms with Gasteiger partial charge in [-0.25, -0.2) is 18.2 Å². The topological polar surface area (TPSA) is 88.6 Å². The van der Waals surface area contributed by atoms with Gasteiger partial charge in [-0.3, -0.25) is 0 Å². The first-order valence-corrected chi connectivity index (χ1v) is 9.86. The second kappa shape index (κ2) is 8.77. The lowest BCUT2D eigenvalue weighted by Crippen LogP contribution is -2.30. The fourth-order valence-corrected chi connectivity index (χ4v) is 3.78. The third-order valence-electron chi connectivity index (χ3n) is 3.75. The molecule has 0 atom stereocenters. The number of carbonyl (C=O) groups excluding carboxylic acids is 1. The molecule has 1 aromatic carbocycles. The molecule has 7 nitrogen and oxygen atoms in total. The average Bonchev–Trinajstić information content (AvgIpc) is 2.64. The van der Waals surface area contributed by atoms with Gasteiger partial charge in [-0.05, 0) is 43.3 Å². The highest BCUT2D eigenvalue weighted by atomic mass is 32.2. The second-order valence-corrected chi connectivity index (χ2v) is 7.33.